The predicted octanol–water partition coefficient (Wildman–Crippen LogP) is 3.27. The van der Waals surface area contributed by atoms with E-state index in [0.717, 1.165) is 16.9 Å². The van der Waals surface area contributed by atoms with Gasteiger partial charge in [0.2, 0.25) is 0 Å². The van der Waals surface area contributed by atoms with E-state index >= 15 is 0 Å². The maximum atomic E-state index is 11.9. The van der Waals surface area contributed by atoms with Crippen LogP contribution in [0.2, 0.25) is 0 Å². The molecule has 0 aliphatic rings. The van der Waals surface area contributed by atoms with Gasteiger partial charge in [-0.1, -0.05) is 11.3 Å². The van der Waals surface area contributed by atoms with Crippen molar-refractivity contribution in [2.45, 2.75) is 20.4 Å². The quantitative estimate of drug-likeness (QED) is 0.772. The Balaban J connectivity index is 1.55. The molecular weight excluding hydrogens is 310 g/mol. The number of aromatic nitrogens is 3. The molecule has 2 heterocycles. The van der Waals surface area contributed by atoms with Crippen LogP contribution < -0.4 is 10.6 Å². The number of rotatable bonds is 4. The summed E-state index contributed by atoms with van der Waals surface area (Å²) in [5, 5.41) is 17.6. The maximum absolute atomic E-state index is 11.9. The van der Waals surface area contributed by atoms with E-state index in [2.05, 4.69) is 20.9 Å². The summed E-state index contributed by atoms with van der Waals surface area (Å²) in [6.07, 6.45) is 1.80. The first-order valence-corrected chi connectivity index (χ1v) is 8.12. The van der Waals surface area contributed by atoms with E-state index in [-0.39, 0.29) is 6.03 Å². The number of benzene rings is 1. The Labute approximate surface area is 138 Å². The number of nitrogens with zero attached hydrogens (tertiary/aromatic N) is 3. The fourth-order valence-corrected chi connectivity index (χ4v) is 2.68. The molecule has 1 aromatic carbocycles. The highest BCUT2D eigenvalue weighted by Gasteiger charge is 2.06. The smallest absolute Gasteiger partial charge is 0.319 e. The molecule has 0 saturated carbocycles. The summed E-state index contributed by atoms with van der Waals surface area (Å²) < 4.78 is 1.69. The molecule has 0 saturated heterocycles. The molecule has 0 radical (unpaired) electrons. The zero-order valence-corrected chi connectivity index (χ0v) is 13.7. The zero-order chi connectivity index (χ0) is 16.2. The highest BCUT2D eigenvalue weighted by atomic mass is 32.1. The molecule has 23 heavy (non-hydrogen) atoms. The first kappa shape index (κ1) is 15.2. The van der Waals surface area contributed by atoms with Crippen LogP contribution in [0.5, 0.6) is 0 Å². The van der Waals surface area contributed by atoms with Crippen LogP contribution in [0.15, 0.2) is 41.2 Å². The third-order valence-corrected chi connectivity index (χ3v) is 4.18. The van der Waals surface area contributed by atoms with Gasteiger partial charge in [-0.2, -0.15) is 11.3 Å². The number of aryl methyl sites for hydroxylation is 2. The monoisotopic (exact) mass is 327 g/mol. The van der Waals surface area contributed by atoms with Gasteiger partial charge < -0.3 is 10.6 Å². The number of hydrogen-bond donors (Lipinski definition) is 2. The minimum absolute atomic E-state index is 0.265. The van der Waals surface area contributed by atoms with Crippen molar-refractivity contribution in [2.24, 2.45) is 0 Å². The molecular formula is C16H17N5OS. The second-order valence-electron chi connectivity index (χ2n) is 5.24. The highest BCUT2D eigenvalue weighted by Crippen LogP contribution is 2.14. The Kier molecular flexibility index (Phi) is 4.38. The number of amides is 2. The highest BCUT2D eigenvalue weighted by molar-refractivity contribution is 7.08. The lowest BCUT2D eigenvalue weighted by atomic mass is 10.1. The standard InChI is InChI=1S/C16H17N5OS/c1-11-3-4-13(7-12(11)2)18-16(22)17-8-14-9-21(20-19-14)15-5-6-23-10-15/h3-7,9-10H,8H2,1-2H3,(H2,17,18,22). The van der Waals surface area contributed by atoms with Crippen molar-refractivity contribution in [3.05, 3.63) is 58.0 Å². The first-order valence-electron chi connectivity index (χ1n) is 7.18. The second kappa shape index (κ2) is 6.62. The van der Waals surface area contributed by atoms with Gasteiger partial charge in [0.25, 0.3) is 0 Å². The van der Waals surface area contributed by atoms with Crippen molar-refractivity contribution >= 4 is 23.1 Å². The molecule has 7 heteroatoms. The molecule has 118 valence electrons. The minimum Gasteiger partial charge on any atom is -0.332 e. The normalized spacial score (nSPS) is 10.5. The fourth-order valence-electron chi connectivity index (χ4n) is 2.06. The van der Waals surface area contributed by atoms with Crippen LogP contribution in [0.1, 0.15) is 16.8 Å². The third kappa shape index (κ3) is 3.75. The van der Waals surface area contributed by atoms with Crippen LogP contribution in [-0.4, -0.2) is 21.0 Å². The van der Waals surface area contributed by atoms with Gasteiger partial charge >= 0.3 is 6.03 Å². The number of urea groups is 1. The lowest BCUT2D eigenvalue weighted by molar-refractivity contribution is 0.251. The molecule has 0 atom stereocenters. The maximum Gasteiger partial charge on any atom is 0.319 e. The van der Waals surface area contributed by atoms with Crippen molar-refractivity contribution < 1.29 is 4.79 Å². The Hall–Kier alpha value is -2.67. The Morgan fingerprint density at radius 1 is 1.26 bits per heavy atom. The molecule has 0 bridgehead atoms. The number of nitrogens with one attached hydrogen (secondary N) is 2. The summed E-state index contributed by atoms with van der Waals surface area (Å²) in [6, 6.07) is 7.51. The van der Waals surface area contributed by atoms with Crippen molar-refractivity contribution in [3.63, 3.8) is 0 Å². The molecule has 3 rings (SSSR count). The molecule has 3 aromatic rings. The van der Waals surface area contributed by atoms with Gasteiger partial charge in [0.05, 0.1) is 18.4 Å². The van der Waals surface area contributed by atoms with Crippen LogP contribution in [0.3, 0.4) is 0 Å². The molecule has 0 aliphatic heterocycles. The Morgan fingerprint density at radius 2 is 2.13 bits per heavy atom. The largest absolute Gasteiger partial charge is 0.332 e. The van der Waals surface area contributed by atoms with Gasteiger partial charge in [-0.25, -0.2) is 9.48 Å². The average molecular weight is 327 g/mol. The fraction of sp³-hybridized carbons (Fsp3) is 0.188. The van der Waals surface area contributed by atoms with E-state index in [1.54, 1.807) is 22.2 Å². The number of carbonyl (C=O) groups excluding carboxylic acids is 1. The Morgan fingerprint density at radius 3 is 2.87 bits per heavy atom. The number of hydrogen-bond acceptors (Lipinski definition) is 4. The minimum atomic E-state index is -0.265. The van der Waals surface area contributed by atoms with Crippen LogP contribution in [0.4, 0.5) is 10.5 Å². The zero-order valence-electron chi connectivity index (χ0n) is 12.9. The second-order valence-corrected chi connectivity index (χ2v) is 6.02. The van der Waals surface area contributed by atoms with Gasteiger partial charge in [-0.15, -0.1) is 5.10 Å². The summed E-state index contributed by atoms with van der Waals surface area (Å²) in [5.74, 6) is 0. The summed E-state index contributed by atoms with van der Waals surface area (Å²) in [5.41, 5.74) is 4.77. The molecule has 0 fully saturated rings. The van der Waals surface area contributed by atoms with E-state index in [9.17, 15) is 4.79 Å². The van der Waals surface area contributed by atoms with E-state index in [4.69, 9.17) is 0 Å². The molecule has 0 aliphatic carbocycles. The van der Waals surface area contributed by atoms with E-state index in [1.807, 2.05) is 48.9 Å². The lowest BCUT2D eigenvalue weighted by Gasteiger charge is -2.08. The number of thiophene rings is 1. The summed E-state index contributed by atoms with van der Waals surface area (Å²) in [4.78, 5) is 11.9. The molecule has 2 amide bonds. The van der Waals surface area contributed by atoms with Crippen molar-refractivity contribution in [3.8, 4) is 5.69 Å². The third-order valence-electron chi connectivity index (χ3n) is 3.51. The van der Waals surface area contributed by atoms with Gasteiger partial charge in [0, 0.05) is 11.1 Å². The van der Waals surface area contributed by atoms with Crippen LogP contribution >= 0.6 is 11.3 Å². The summed E-state index contributed by atoms with van der Waals surface area (Å²) >= 11 is 1.60. The number of anilines is 1. The van der Waals surface area contributed by atoms with Crippen LogP contribution in [0, 0.1) is 13.8 Å². The summed E-state index contributed by atoms with van der Waals surface area (Å²) in [6.45, 7) is 4.37. The van der Waals surface area contributed by atoms with Gasteiger partial charge in [-0.05, 0) is 48.6 Å². The molecule has 6 nitrogen and oxygen atoms in total. The van der Waals surface area contributed by atoms with E-state index < -0.39 is 0 Å². The summed E-state index contributed by atoms with van der Waals surface area (Å²) in [7, 11) is 0. The van der Waals surface area contributed by atoms with Crippen LogP contribution in [-0.2, 0) is 6.54 Å². The van der Waals surface area contributed by atoms with Gasteiger partial charge in [0.1, 0.15) is 5.69 Å². The van der Waals surface area contributed by atoms with Crippen molar-refractivity contribution in [2.75, 3.05) is 5.32 Å². The van der Waals surface area contributed by atoms with Gasteiger partial charge in [0.15, 0.2) is 0 Å². The van der Waals surface area contributed by atoms with Crippen molar-refractivity contribution in [1.29, 1.82) is 0 Å². The lowest BCUT2D eigenvalue weighted by Crippen LogP contribution is -2.28. The molecule has 2 aromatic heterocycles. The molecule has 0 spiro atoms. The first-order chi connectivity index (χ1) is 11.1. The van der Waals surface area contributed by atoms with Crippen molar-refractivity contribution in [1.82, 2.24) is 20.3 Å². The van der Waals surface area contributed by atoms with Gasteiger partial charge in [-0.3, -0.25) is 0 Å². The molecule has 0 unspecified atom stereocenters. The Bertz CT molecular complexity index is 810. The van der Waals surface area contributed by atoms with Crippen LogP contribution in [0.25, 0.3) is 5.69 Å². The number of carbonyl (C=O) groups is 1. The SMILES string of the molecule is Cc1ccc(NC(=O)NCc2cn(-c3ccsc3)nn2)cc1C. The topological polar surface area (TPSA) is 71.8 Å². The molecule has 2 N–H and O–H groups in total. The van der Waals surface area contributed by atoms with E-state index in [1.165, 1.54) is 5.56 Å². The predicted molar refractivity (Wildman–Crippen MR) is 91.0 cm³/mol. The average Bonchev–Trinajstić information content (AvgIpc) is 3.19. The van der Waals surface area contributed by atoms with E-state index in [0.29, 0.717) is 12.2 Å².